The van der Waals surface area contributed by atoms with Gasteiger partial charge in [-0.2, -0.15) is 0 Å². The zero-order valence-corrected chi connectivity index (χ0v) is 11.5. The van der Waals surface area contributed by atoms with Crippen molar-refractivity contribution in [3.05, 3.63) is 75.6 Å². The molecule has 0 aliphatic rings. The molecule has 0 radical (unpaired) electrons. The number of nitro groups is 1. The number of benzene rings is 1. The SMILES string of the molecule is CCc1ccc(/C=C/C(=O)c2cccnc2)cc1[N+](=O)[O-]. The summed E-state index contributed by atoms with van der Waals surface area (Å²) >= 11 is 0. The van der Waals surface area contributed by atoms with Crippen LogP contribution in [-0.2, 0) is 6.42 Å². The van der Waals surface area contributed by atoms with Gasteiger partial charge >= 0.3 is 0 Å². The Bertz CT molecular complexity index is 694. The van der Waals surface area contributed by atoms with Crippen LogP contribution in [0.2, 0.25) is 0 Å². The van der Waals surface area contributed by atoms with Crippen molar-refractivity contribution in [1.29, 1.82) is 0 Å². The molecule has 1 heterocycles. The van der Waals surface area contributed by atoms with Crippen LogP contribution in [0.1, 0.15) is 28.4 Å². The number of ketones is 1. The number of nitrogens with zero attached hydrogens (tertiary/aromatic N) is 2. The molecule has 0 fully saturated rings. The Balaban J connectivity index is 2.24. The Morgan fingerprint density at radius 3 is 2.81 bits per heavy atom. The van der Waals surface area contributed by atoms with Gasteiger partial charge in [-0.15, -0.1) is 0 Å². The zero-order chi connectivity index (χ0) is 15.2. The van der Waals surface area contributed by atoms with E-state index in [9.17, 15) is 14.9 Å². The van der Waals surface area contributed by atoms with Crippen molar-refractivity contribution in [2.75, 3.05) is 0 Å². The van der Waals surface area contributed by atoms with Crippen molar-refractivity contribution in [1.82, 2.24) is 4.98 Å². The Hall–Kier alpha value is -2.82. The van der Waals surface area contributed by atoms with Gasteiger partial charge in [-0.25, -0.2) is 0 Å². The molecule has 0 saturated carbocycles. The smallest absolute Gasteiger partial charge is 0.273 e. The van der Waals surface area contributed by atoms with Crippen molar-refractivity contribution >= 4 is 17.5 Å². The maximum Gasteiger partial charge on any atom is 0.273 e. The van der Waals surface area contributed by atoms with E-state index in [-0.39, 0.29) is 11.5 Å². The van der Waals surface area contributed by atoms with Crippen LogP contribution in [-0.4, -0.2) is 15.7 Å². The molecule has 2 rings (SSSR count). The van der Waals surface area contributed by atoms with E-state index in [1.54, 1.807) is 36.5 Å². The third-order valence-corrected chi connectivity index (χ3v) is 3.06. The van der Waals surface area contributed by atoms with Gasteiger partial charge in [0.05, 0.1) is 4.92 Å². The second-order valence-electron chi connectivity index (χ2n) is 4.44. The quantitative estimate of drug-likeness (QED) is 0.364. The van der Waals surface area contributed by atoms with Gasteiger partial charge in [-0.1, -0.05) is 25.1 Å². The number of carbonyl (C=O) groups excluding carboxylic acids is 1. The molecule has 106 valence electrons. The molecule has 1 aromatic carbocycles. The molecule has 0 aliphatic heterocycles. The second-order valence-corrected chi connectivity index (χ2v) is 4.44. The van der Waals surface area contributed by atoms with Gasteiger partial charge < -0.3 is 0 Å². The minimum absolute atomic E-state index is 0.0773. The largest absolute Gasteiger partial charge is 0.289 e. The first-order valence-corrected chi connectivity index (χ1v) is 6.51. The lowest BCUT2D eigenvalue weighted by Gasteiger charge is -2.01. The van der Waals surface area contributed by atoms with Gasteiger partial charge in [0.2, 0.25) is 0 Å². The molecule has 5 heteroatoms. The third-order valence-electron chi connectivity index (χ3n) is 3.06. The zero-order valence-electron chi connectivity index (χ0n) is 11.5. The Morgan fingerprint density at radius 1 is 1.38 bits per heavy atom. The molecule has 0 atom stereocenters. The minimum atomic E-state index is -0.404. The fraction of sp³-hybridized carbons (Fsp3) is 0.125. The van der Waals surface area contributed by atoms with Crippen LogP contribution in [0, 0.1) is 10.1 Å². The topological polar surface area (TPSA) is 73.1 Å². The number of nitro benzene ring substituents is 1. The van der Waals surface area contributed by atoms with E-state index in [1.807, 2.05) is 6.92 Å². The van der Waals surface area contributed by atoms with E-state index in [1.165, 1.54) is 18.3 Å². The maximum absolute atomic E-state index is 11.9. The molecule has 21 heavy (non-hydrogen) atoms. The highest BCUT2D eigenvalue weighted by Crippen LogP contribution is 2.21. The molecule has 0 bridgehead atoms. The van der Waals surface area contributed by atoms with E-state index in [0.717, 1.165) is 0 Å². The molecule has 2 aromatic rings. The van der Waals surface area contributed by atoms with Crippen LogP contribution in [0.4, 0.5) is 5.69 Å². The standard InChI is InChI=1S/C16H14N2O3/c1-2-13-7-5-12(10-15(13)18(20)21)6-8-16(19)14-4-3-9-17-11-14/h3-11H,2H2,1H3/b8-6+. The average molecular weight is 282 g/mol. The van der Waals surface area contributed by atoms with Crippen LogP contribution in [0.25, 0.3) is 6.08 Å². The van der Waals surface area contributed by atoms with E-state index in [4.69, 9.17) is 0 Å². The van der Waals surface area contributed by atoms with E-state index in [2.05, 4.69) is 4.98 Å². The lowest BCUT2D eigenvalue weighted by molar-refractivity contribution is -0.385. The molecule has 0 unspecified atom stereocenters. The van der Waals surface area contributed by atoms with Gasteiger partial charge in [0.25, 0.3) is 5.69 Å². The highest BCUT2D eigenvalue weighted by atomic mass is 16.6. The van der Waals surface area contributed by atoms with Gasteiger partial charge in [-0.3, -0.25) is 19.9 Å². The third kappa shape index (κ3) is 3.60. The number of aryl methyl sites for hydroxylation is 1. The Kier molecular flexibility index (Phi) is 4.56. The van der Waals surface area contributed by atoms with Gasteiger partial charge in [0, 0.05) is 29.6 Å². The summed E-state index contributed by atoms with van der Waals surface area (Å²) in [5.74, 6) is -0.190. The monoisotopic (exact) mass is 282 g/mol. The van der Waals surface area contributed by atoms with Crippen LogP contribution in [0.15, 0.2) is 48.8 Å². The van der Waals surface area contributed by atoms with Crippen molar-refractivity contribution in [2.24, 2.45) is 0 Å². The fourth-order valence-corrected chi connectivity index (χ4v) is 1.93. The summed E-state index contributed by atoms with van der Waals surface area (Å²) in [6.45, 7) is 1.86. The highest BCUT2D eigenvalue weighted by Gasteiger charge is 2.12. The summed E-state index contributed by atoms with van der Waals surface area (Å²) in [6, 6.07) is 8.31. The van der Waals surface area contributed by atoms with Crippen LogP contribution >= 0.6 is 0 Å². The van der Waals surface area contributed by atoms with E-state index in [0.29, 0.717) is 23.1 Å². The van der Waals surface area contributed by atoms with E-state index < -0.39 is 4.92 Å². The average Bonchev–Trinajstić information content (AvgIpc) is 2.53. The number of aromatic nitrogens is 1. The molecule has 0 saturated heterocycles. The van der Waals surface area contributed by atoms with Crippen LogP contribution < -0.4 is 0 Å². The number of allylic oxidation sites excluding steroid dienone is 1. The number of pyridine rings is 1. The summed E-state index contributed by atoms with van der Waals surface area (Å²) in [6.07, 6.45) is 6.63. The predicted molar refractivity (Wildman–Crippen MR) is 80.1 cm³/mol. The minimum Gasteiger partial charge on any atom is -0.289 e. The van der Waals surface area contributed by atoms with Crippen molar-refractivity contribution in [3.63, 3.8) is 0 Å². The number of hydrogen-bond acceptors (Lipinski definition) is 4. The highest BCUT2D eigenvalue weighted by molar-refractivity contribution is 6.06. The number of rotatable bonds is 5. The number of hydrogen-bond donors (Lipinski definition) is 0. The first-order valence-electron chi connectivity index (χ1n) is 6.51. The first-order chi connectivity index (χ1) is 10.1. The lowest BCUT2D eigenvalue weighted by Crippen LogP contribution is -1.96. The van der Waals surface area contributed by atoms with Crippen LogP contribution in [0.5, 0.6) is 0 Å². The van der Waals surface area contributed by atoms with Crippen molar-refractivity contribution < 1.29 is 9.72 Å². The Morgan fingerprint density at radius 2 is 2.19 bits per heavy atom. The van der Waals surface area contributed by atoms with Gasteiger partial charge in [0.1, 0.15) is 0 Å². The summed E-state index contributed by atoms with van der Waals surface area (Å²) in [5.41, 5.74) is 1.86. The fourth-order valence-electron chi connectivity index (χ4n) is 1.93. The molecule has 0 spiro atoms. The van der Waals surface area contributed by atoms with Gasteiger partial charge in [0.15, 0.2) is 5.78 Å². The van der Waals surface area contributed by atoms with Crippen molar-refractivity contribution in [2.45, 2.75) is 13.3 Å². The normalized spacial score (nSPS) is 10.7. The number of carbonyl (C=O) groups is 1. The predicted octanol–water partition coefficient (Wildman–Crippen LogP) is 3.45. The summed E-state index contributed by atoms with van der Waals surface area (Å²) < 4.78 is 0. The molecule has 5 nitrogen and oxygen atoms in total. The molecule has 0 amide bonds. The van der Waals surface area contributed by atoms with E-state index >= 15 is 0 Å². The summed E-state index contributed by atoms with van der Waals surface area (Å²) in [4.78, 5) is 26.4. The summed E-state index contributed by atoms with van der Waals surface area (Å²) in [5, 5.41) is 11.0. The Labute approximate surface area is 122 Å². The molecule has 1 aromatic heterocycles. The molecule has 0 aliphatic carbocycles. The molecular formula is C16H14N2O3. The van der Waals surface area contributed by atoms with Crippen LogP contribution in [0.3, 0.4) is 0 Å². The molecular weight excluding hydrogens is 268 g/mol. The van der Waals surface area contributed by atoms with Crippen molar-refractivity contribution in [3.8, 4) is 0 Å². The second kappa shape index (κ2) is 6.56. The summed E-state index contributed by atoms with van der Waals surface area (Å²) in [7, 11) is 0. The maximum atomic E-state index is 11.9. The molecule has 0 N–H and O–H groups in total. The van der Waals surface area contributed by atoms with Gasteiger partial charge in [-0.05, 0) is 30.2 Å². The lowest BCUT2D eigenvalue weighted by atomic mass is 10.1. The first kappa shape index (κ1) is 14.6.